The van der Waals surface area contributed by atoms with Gasteiger partial charge in [0.05, 0.1) is 22.2 Å². The molecule has 3 rings (SSSR count). The molecule has 1 N–H and O–H groups in total. The van der Waals surface area contributed by atoms with Crippen molar-refractivity contribution in [2.45, 2.75) is 26.3 Å². The number of esters is 1. The van der Waals surface area contributed by atoms with Crippen molar-refractivity contribution in [2.75, 3.05) is 25.0 Å². The number of hydrogen-bond acceptors (Lipinski definition) is 4. The number of nitrogens with one attached hydrogen (secondary N) is 1. The smallest absolute Gasteiger partial charge is 0.338 e. The van der Waals surface area contributed by atoms with Gasteiger partial charge < -0.3 is 10.1 Å². The van der Waals surface area contributed by atoms with Gasteiger partial charge >= 0.3 is 5.97 Å². The minimum Gasteiger partial charge on any atom is -0.462 e. The van der Waals surface area contributed by atoms with E-state index in [9.17, 15) is 9.59 Å². The van der Waals surface area contributed by atoms with Gasteiger partial charge in [-0.3, -0.25) is 9.69 Å². The molecule has 0 spiro atoms. The Labute approximate surface area is 180 Å². The number of rotatable bonds is 6. The molecule has 1 saturated heterocycles. The molecule has 0 unspecified atom stereocenters. The van der Waals surface area contributed by atoms with Crippen molar-refractivity contribution in [1.82, 2.24) is 4.90 Å². The minimum absolute atomic E-state index is 0.0167. The third-order valence-corrected chi connectivity index (χ3v) is 5.75. The molecule has 5 nitrogen and oxygen atoms in total. The van der Waals surface area contributed by atoms with Crippen LogP contribution in [0.4, 0.5) is 5.69 Å². The van der Waals surface area contributed by atoms with Crippen molar-refractivity contribution in [3.8, 4) is 0 Å². The monoisotopic (exact) mass is 434 g/mol. The summed E-state index contributed by atoms with van der Waals surface area (Å²) >= 11 is 12.1. The second-order valence-electron chi connectivity index (χ2n) is 7.09. The summed E-state index contributed by atoms with van der Waals surface area (Å²) in [6.45, 7) is 4.59. The molecule has 1 heterocycles. The highest BCUT2D eigenvalue weighted by atomic mass is 35.5. The fourth-order valence-electron chi connectivity index (χ4n) is 3.40. The molecule has 0 aromatic heterocycles. The Morgan fingerprint density at radius 1 is 1.07 bits per heavy atom. The van der Waals surface area contributed by atoms with E-state index in [2.05, 4.69) is 10.2 Å². The molecule has 1 amide bonds. The SMILES string of the molecule is CCOC(=O)c1ccc(NC(=O)C2CCN(Cc3ccc(Cl)c(Cl)c3)CC2)cc1. The summed E-state index contributed by atoms with van der Waals surface area (Å²) in [6, 6.07) is 12.5. The fourth-order valence-corrected chi connectivity index (χ4v) is 3.72. The first kappa shape index (κ1) is 21.6. The van der Waals surface area contributed by atoms with Gasteiger partial charge in [0, 0.05) is 18.2 Å². The second kappa shape index (κ2) is 10.1. The number of carbonyl (C=O) groups excluding carboxylic acids is 2. The standard InChI is InChI=1S/C22H24Cl2N2O3/c1-2-29-22(28)17-4-6-18(7-5-17)25-21(27)16-9-11-26(12-10-16)14-15-3-8-19(23)20(24)13-15/h3-8,13,16H,2,9-12,14H2,1H3,(H,25,27). The Morgan fingerprint density at radius 2 is 1.76 bits per heavy atom. The molecule has 7 heteroatoms. The minimum atomic E-state index is -0.361. The third kappa shape index (κ3) is 5.95. The number of amides is 1. The second-order valence-corrected chi connectivity index (χ2v) is 7.90. The van der Waals surface area contributed by atoms with E-state index in [1.54, 1.807) is 31.2 Å². The lowest BCUT2D eigenvalue weighted by atomic mass is 9.95. The highest BCUT2D eigenvalue weighted by Crippen LogP contribution is 2.25. The van der Waals surface area contributed by atoms with E-state index < -0.39 is 0 Å². The van der Waals surface area contributed by atoms with Crippen LogP contribution in [0, 0.1) is 5.92 Å². The van der Waals surface area contributed by atoms with Gasteiger partial charge in [-0.25, -0.2) is 4.79 Å². The van der Waals surface area contributed by atoms with E-state index in [1.807, 2.05) is 18.2 Å². The summed E-state index contributed by atoms with van der Waals surface area (Å²) < 4.78 is 4.96. The van der Waals surface area contributed by atoms with Gasteiger partial charge in [-0.15, -0.1) is 0 Å². The molecule has 2 aromatic rings. The summed E-state index contributed by atoms with van der Waals surface area (Å²) in [5, 5.41) is 4.07. The first-order valence-corrected chi connectivity index (χ1v) is 10.5. The van der Waals surface area contributed by atoms with E-state index in [0.717, 1.165) is 38.0 Å². The zero-order chi connectivity index (χ0) is 20.8. The van der Waals surface area contributed by atoms with Gasteiger partial charge in [0.15, 0.2) is 0 Å². The molecule has 2 aromatic carbocycles. The number of benzene rings is 2. The van der Waals surface area contributed by atoms with Crippen LogP contribution in [0.25, 0.3) is 0 Å². The van der Waals surface area contributed by atoms with Crippen molar-refractivity contribution >= 4 is 40.8 Å². The molecule has 0 atom stereocenters. The lowest BCUT2D eigenvalue weighted by Crippen LogP contribution is -2.37. The van der Waals surface area contributed by atoms with E-state index >= 15 is 0 Å². The zero-order valence-electron chi connectivity index (χ0n) is 16.3. The number of halogens is 2. The van der Waals surface area contributed by atoms with E-state index in [4.69, 9.17) is 27.9 Å². The lowest BCUT2D eigenvalue weighted by Gasteiger charge is -2.31. The number of piperidine rings is 1. The highest BCUT2D eigenvalue weighted by Gasteiger charge is 2.25. The van der Waals surface area contributed by atoms with E-state index in [-0.39, 0.29) is 17.8 Å². The van der Waals surface area contributed by atoms with Crippen LogP contribution in [0.15, 0.2) is 42.5 Å². The Balaban J connectivity index is 1.48. The fraction of sp³-hybridized carbons (Fsp3) is 0.364. The molecule has 0 aliphatic carbocycles. The molecular formula is C22H24Cl2N2O3. The average molecular weight is 435 g/mol. The first-order chi connectivity index (χ1) is 14.0. The molecule has 1 fully saturated rings. The van der Waals surface area contributed by atoms with Crippen LogP contribution in [-0.2, 0) is 16.1 Å². The molecule has 0 radical (unpaired) electrons. The van der Waals surface area contributed by atoms with Gasteiger partial charge in [0.1, 0.15) is 0 Å². The maximum Gasteiger partial charge on any atom is 0.338 e. The summed E-state index contributed by atoms with van der Waals surface area (Å²) in [6.07, 6.45) is 1.60. The van der Waals surface area contributed by atoms with Gasteiger partial charge in [-0.2, -0.15) is 0 Å². The van der Waals surface area contributed by atoms with Gasteiger partial charge in [-0.05, 0) is 74.8 Å². The predicted octanol–water partition coefficient (Wildman–Crippen LogP) is 5.02. The van der Waals surface area contributed by atoms with Crippen LogP contribution in [0.2, 0.25) is 10.0 Å². The van der Waals surface area contributed by atoms with Crippen LogP contribution < -0.4 is 5.32 Å². The third-order valence-electron chi connectivity index (χ3n) is 5.01. The molecule has 154 valence electrons. The van der Waals surface area contributed by atoms with Gasteiger partial charge in [0.2, 0.25) is 5.91 Å². The van der Waals surface area contributed by atoms with E-state index in [0.29, 0.717) is 27.9 Å². The number of nitrogens with zero attached hydrogens (tertiary/aromatic N) is 1. The number of likely N-dealkylation sites (tertiary alicyclic amines) is 1. The van der Waals surface area contributed by atoms with Crippen LogP contribution in [-0.4, -0.2) is 36.5 Å². The Bertz CT molecular complexity index is 863. The number of carbonyl (C=O) groups is 2. The quantitative estimate of drug-likeness (QED) is 0.648. The van der Waals surface area contributed by atoms with Crippen molar-refractivity contribution in [3.05, 3.63) is 63.6 Å². The maximum absolute atomic E-state index is 12.6. The summed E-state index contributed by atoms with van der Waals surface area (Å²) in [4.78, 5) is 26.6. The Hall–Kier alpha value is -2.08. The molecule has 0 bridgehead atoms. The highest BCUT2D eigenvalue weighted by molar-refractivity contribution is 6.42. The predicted molar refractivity (Wildman–Crippen MR) is 115 cm³/mol. The van der Waals surface area contributed by atoms with Crippen LogP contribution in [0.3, 0.4) is 0 Å². The molecule has 0 saturated carbocycles. The molecule has 1 aliphatic heterocycles. The van der Waals surface area contributed by atoms with Gasteiger partial charge in [-0.1, -0.05) is 29.3 Å². The molecule has 29 heavy (non-hydrogen) atoms. The molecular weight excluding hydrogens is 411 g/mol. The zero-order valence-corrected chi connectivity index (χ0v) is 17.8. The van der Waals surface area contributed by atoms with Crippen molar-refractivity contribution in [2.24, 2.45) is 5.92 Å². The van der Waals surface area contributed by atoms with Crippen molar-refractivity contribution < 1.29 is 14.3 Å². The molecule has 1 aliphatic rings. The largest absolute Gasteiger partial charge is 0.462 e. The topological polar surface area (TPSA) is 58.6 Å². The van der Waals surface area contributed by atoms with E-state index in [1.165, 1.54) is 0 Å². The Morgan fingerprint density at radius 3 is 2.38 bits per heavy atom. The van der Waals surface area contributed by atoms with Crippen molar-refractivity contribution in [1.29, 1.82) is 0 Å². The maximum atomic E-state index is 12.6. The number of anilines is 1. The summed E-state index contributed by atoms with van der Waals surface area (Å²) in [5.74, 6) is -0.368. The van der Waals surface area contributed by atoms with Crippen LogP contribution in [0.5, 0.6) is 0 Å². The average Bonchev–Trinajstić information content (AvgIpc) is 2.72. The van der Waals surface area contributed by atoms with Gasteiger partial charge in [0.25, 0.3) is 0 Å². The first-order valence-electron chi connectivity index (χ1n) is 9.70. The normalized spacial score (nSPS) is 15.1. The van der Waals surface area contributed by atoms with Crippen molar-refractivity contribution in [3.63, 3.8) is 0 Å². The van der Waals surface area contributed by atoms with Crippen LogP contribution in [0.1, 0.15) is 35.7 Å². The Kier molecular flexibility index (Phi) is 7.53. The summed E-state index contributed by atoms with van der Waals surface area (Å²) in [5.41, 5.74) is 2.27. The number of ether oxygens (including phenoxy) is 1. The number of hydrogen-bond donors (Lipinski definition) is 1. The van der Waals surface area contributed by atoms with Crippen LogP contribution >= 0.6 is 23.2 Å². The lowest BCUT2D eigenvalue weighted by molar-refractivity contribution is -0.121. The summed E-state index contributed by atoms with van der Waals surface area (Å²) in [7, 11) is 0.